The highest BCUT2D eigenvalue weighted by molar-refractivity contribution is 5.53. The van der Waals surface area contributed by atoms with Crippen LogP contribution in [0.1, 0.15) is 29.2 Å². The molecule has 4 heteroatoms. The lowest BCUT2D eigenvalue weighted by Crippen LogP contribution is -2.22. The van der Waals surface area contributed by atoms with E-state index in [1.807, 2.05) is 34.0 Å². The zero-order valence-corrected chi connectivity index (χ0v) is 12.8. The molecular formula is C15H25NO3. The normalized spacial score (nSPS) is 12.6. The van der Waals surface area contributed by atoms with Gasteiger partial charge in [-0.3, -0.25) is 0 Å². The fourth-order valence-electron chi connectivity index (χ4n) is 2.43. The van der Waals surface area contributed by atoms with E-state index in [2.05, 4.69) is 4.90 Å². The molecular weight excluding hydrogens is 242 g/mol. The summed E-state index contributed by atoms with van der Waals surface area (Å²) in [4.78, 5) is 2.09. The van der Waals surface area contributed by atoms with Crippen molar-refractivity contribution in [2.24, 2.45) is 0 Å². The standard InChI is InChI=1S/C15H25NO3/c1-10-11(2)15(19-6)12(9-14(10)18-5)13(7-8-17)16(3)4/h9,13,17H,7-8H2,1-6H3. The van der Waals surface area contributed by atoms with E-state index in [-0.39, 0.29) is 12.6 Å². The molecule has 4 nitrogen and oxygen atoms in total. The van der Waals surface area contributed by atoms with Gasteiger partial charge in [-0.2, -0.15) is 0 Å². The highest BCUT2D eigenvalue weighted by atomic mass is 16.5. The third-order valence-corrected chi connectivity index (χ3v) is 3.63. The van der Waals surface area contributed by atoms with E-state index in [0.717, 1.165) is 28.2 Å². The maximum Gasteiger partial charge on any atom is 0.127 e. The van der Waals surface area contributed by atoms with Crippen LogP contribution in [0.25, 0.3) is 0 Å². The molecule has 1 aromatic carbocycles. The van der Waals surface area contributed by atoms with Gasteiger partial charge in [-0.1, -0.05) is 0 Å². The van der Waals surface area contributed by atoms with Gasteiger partial charge in [-0.25, -0.2) is 0 Å². The summed E-state index contributed by atoms with van der Waals surface area (Å²) in [6.07, 6.45) is 0.662. The summed E-state index contributed by atoms with van der Waals surface area (Å²) < 4.78 is 11.0. The van der Waals surface area contributed by atoms with Crippen molar-refractivity contribution < 1.29 is 14.6 Å². The lowest BCUT2D eigenvalue weighted by atomic mass is 9.95. The van der Waals surface area contributed by atoms with Gasteiger partial charge in [0.1, 0.15) is 11.5 Å². The van der Waals surface area contributed by atoms with Crippen LogP contribution >= 0.6 is 0 Å². The predicted molar refractivity (Wildman–Crippen MR) is 77.2 cm³/mol. The molecule has 0 aliphatic carbocycles. The van der Waals surface area contributed by atoms with Gasteiger partial charge in [0.2, 0.25) is 0 Å². The van der Waals surface area contributed by atoms with Gasteiger partial charge in [-0.05, 0) is 51.6 Å². The molecule has 1 unspecified atom stereocenters. The molecule has 1 atom stereocenters. The Bertz CT molecular complexity index is 430. The number of benzene rings is 1. The number of aliphatic hydroxyl groups is 1. The number of hydrogen-bond acceptors (Lipinski definition) is 4. The molecule has 1 N–H and O–H groups in total. The summed E-state index contributed by atoms with van der Waals surface area (Å²) in [5, 5.41) is 9.26. The molecule has 0 amide bonds. The van der Waals surface area contributed by atoms with E-state index in [9.17, 15) is 5.11 Å². The Hall–Kier alpha value is -1.26. The quantitative estimate of drug-likeness (QED) is 0.859. The second kappa shape index (κ2) is 6.78. The smallest absolute Gasteiger partial charge is 0.127 e. The van der Waals surface area contributed by atoms with Crippen molar-refractivity contribution >= 4 is 0 Å². The first-order valence-corrected chi connectivity index (χ1v) is 6.47. The Balaban J connectivity index is 3.42. The molecule has 108 valence electrons. The van der Waals surface area contributed by atoms with Gasteiger partial charge in [0.15, 0.2) is 0 Å². The van der Waals surface area contributed by atoms with E-state index < -0.39 is 0 Å². The van der Waals surface area contributed by atoms with Crippen LogP contribution in [0.4, 0.5) is 0 Å². The molecule has 0 saturated carbocycles. The second-order valence-electron chi connectivity index (χ2n) is 4.94. The third kappa shape index (κ3) is 3.19. The van der Waals surface area contributed by atoms with Crippen LogP contribution in [0.3, 0.4) is 0 Å². The molecule has 1 rings (SSSR count). The van der Waals surface area contributed by atoms with Crippen LogP contribution in [0.2, 0.25) is 0 Å². The Labute approximate surface area is 115 Å². The van der Waals surface area contributed by atoms with E-state index in [4.69, 9.17) is 9.47 Å². The van der Waals surface area contributed by atoms with Crippen LogP contribution in [0.15, 0.2) is 6.07 Å². The van der Waals surface area contributed by atoms with Gasteiger partial charge < -0.3 is 19.5 Å². The van der Waals surface area contributed by atoms with Gasteiger partial charge in [0.05, 0.1) is 14.2 Å². The minimum absolute atomic E-state index is 0.105. The predicted octanol–water partition coefficient (Wildman–Crippen LogP) is 2.31. The third-order valence-electron chi connectivity index (χ3n) is 3.63. The molecule has 0 radical (unpaired) electrons. The van der Waals surface area contributed by atoms with Crippen molar-refractivity contribution in [1.82, 2.24) is 4.90 Å². The zero-order chi connectivity index (χ0) is 14.6. The first-order chi connectivity index (χ1) is 8.97. The summed E-state index contributed by atoms with van der Waals surface area (Å²) in [6.45, 7) is 4.20. The lowest BCUT2D eigenvalue weighted by Gasteiger charge is -2.27. The molecule has 0 spiro atoms. The Kier molecular flexibility index (Phi) is 5.63. The van der Waals surface area contributed by atoms with Crippen molar-refractivity contribution in [2.75, 3.05) is 34.9 Å². The number of rotatable bonds is 6. The highest BCUT2D eigenvalue weighted by Crippen LogP contribution is 2.39. The maximum atomic E-state index is 9.26. The zero-order valence-electron chi connectivity index (χ0n) is 12.8. The van der Waals surface area contributed by atoms with E-state index in [1.54, 1.807) is 14.2 Å². The van der Waals surface area contributed by atoms with Crippen molar-refractivity contribution in [1.29, 1.82) is 0 Å². The highest BCUT2D eigenvalue weighted by Gasteiger charge is 2.22. The Morgan fingerprint density at radius 3 is 2.21 bits per heavy atom. The van der Waals surface area contributed by atoms with Crippen molar-refractivity contribution in [3.63, 3.8) is 0 Å². The molecule has 0 aliphatic heterocycles. The monoisotopic (exact) mass is 267 g/mol. The van der Waals surface area contributed by atoms with Crippen molar-refractivity contribution in [2.45, 2.75) is 26.3 Å². The number of ether oxygens (including phenoxy) is 2. The fourth-order valence-corrected chi connectivity index (χ4v) is 2.43. The summed E-state index contributed by atoms with van der Waals surface area (Å²) in [7, 11) is 7.36. The average molecular weight is 267 g/mol. The minimum Gasteiger partial charge on any atom is -0.496 e. The average Bonchev–Trinajstić information content (AvgIpc) is 2.38. The number of hydrogen-bond donors (Lipinski definition) is 1. The summed E-state index contributed by atoms with van der Waals surface area (Å²) in [5.41, 5.74) is 3.23. The second-order valence-corrected chi connectivity index (χ2v) is 4.94. The van der Waals surface area contributed by atoms with Crippen molar-refractivity contribution in [3.8, 4) is 11.5 Å². The number of methoxy groups -OCH3 is 2. The van der Waals surface area contributed by atoms with E-state index >= 15 is 0 Å². The molecule has 1 aromatic rings. The van der Waals surface area contributed by atoms with Crippen LogP contribution in [0.5, 0.6) is 11.5 Å². The number of nitrogens with zero attached hydrogens (tertiary/aromatic N) is 1. The lowest BCUT2D eigenvalue weighted by molar-refractivity contribution is 0.207. The molecule has 19 heavy (non-hydrogen) atoms. The fraction of sp³-hybridized carbons (Fsp3) is 0.600. The van der Waals surface area contributed by atoms with E-state index in [1.165, 1.54) is 0 Å². The SMILES string of the molecule is COc1cc(C(CCO)N(C)C)c(OC)c(C)c1C. The van der Waals surface area contributed by atoms with Gasteiger partial charge in [0.25, 0.3) is 0 Å². The minimum atomic E-state index is 0.105. The number of aliphatic hydroxyl groups excluding tert-OH is 1. The maximum absolute atomic E-state index is 9.26. The molecule has 0 fully saturated rings. The molecule has 0 heterocycles. The topological polar surface area (TPSA) is 41.9 Å². The first-order valence-electron chi connectivity index (χ1n) is 6.47. The summed E-state index contributed by atoms with van der Waals surface area (Å²) in [6, 6.07) is 2.12. The molecule has 0 aromatic heterocycles. The molecule has 0 bridgehead atoms. The molecule has 0 aliphatic rings. The van der Waals surface area contributed by atoms with Gasteiger partial charge in [0, 0.05) is 18.2 Å². The Morgan fingerprint density at radius 2 is 1.79 bits per heavy atom. The van der Waals surface area contributed by atoms with Crippen molar-refractivity contribution in [3.05, 3.63) is 22.8 Å². The van der Waals surface area contributed by atoms with Gasteiger partial charge in [-0.15, -0.1) is 0 Å². The summed E-state index contributed by atoms with van der Waals surface area (Å²) >= 11 is 0. The van der Waals surface area contributed by atoms with E-state index in [0.29, 0.717) is 6.42 Å². The van der Waals surface area contributed by atoms with Crippen LogP contribution < -0.4 is 9.47 Å². The van der Waals surface area contributed by atoms with Gasteiger partial charge >= 0.3 is 0 Å². The Morgan fingerprint density at radius 1 is 1.16 bits per heavy atom. The van der Waals surface area contributed by atoms with Crippen LogP contribution in [0, 0.1) is 13.8 Å². The molecule has 0 saturated heterocycles. The summed E-state index contributed by atoms with van der Waals surface area (Å²) in [5.74, 6) is 1.74. The first kappa shape index (κ1) is 15.8. The van der Waals surface area contributed by atoms with Crippen LogP contribution in [-0.4, -0.2) is 44.9 Å². The van der Waals surface area contributed by atoms with Crippen LogP contribution in [-0.2, 0) is 0 Å². The largest absolute Gasteiger partial charge is 0.496 e.